The van der Waals surface area contributed by atoms with Crippen LogP contribution < -0.4 is 5.32 Å². The van der Waals surface area contributed by atoms with Crippen LogP contribution in [0.15, 0.2) is 47.0 Å². The molecule has 0 amide bonds. The monoisotopic (exact) mass is 389 g/mol. The van der Waals surface area contributed by atoms with Gasteiger partial charge in [-0.2, -0.15) is 4.98 Å². The summed E-state index contributed by atoms with van der Waals surface area (Å²) in [5.41, 5.74) is 2.58. The molecule has 6 nitrogen and oxygen atoms in total. The highest BCUT2D eigenvalue weighted by atomic mass is 19.1. The molecule has 5 rings (SSSR count). The Kier molecular flexibility index (Phi) is 4.23. The second kappa shape index (κ2) is 6.92. The Morgan fingerprint density at radius 1 is 1.07 bits per heavy atom. The molecule has 1 fully saturated rings. The van der Waals surface area contributed by atoms with E-state index in [1.807, 2.05) is 24.3 Å². The first-order valence-electron chi connectivity index (χ1n) is 9.71. The van der Waals surface area contributed by atoms with Crippen molar-refractivity contribution in [3.05, 3.63) is 65.5 Å². The Morgan fingerprint density at radius 2 is 1.86 bits per heavy atom. The normalized spacial score (nSPS) is 14.9. The molecule has 1 aliphatic carbocycles. The quantitative estimate of drug-likeness (QED) is 0.507. The number of aromatic nitrogens is 4. The van der Waals surface area contributed by atoms with Crippen LogP contribution in [0.5, 0.6) is 0 Å². The van der Waals surface area contributed by atoms with Crippen molar-refractivity contribution in [2.75, 3.05) is 5.32 Å². The summed E-state index contributed by atoms with van der Waals surface area (Å²) in [4.78, 5) is 13.3. The van der Waals surface area contributed by atoms with Gasteiger partial charge in [0.1, 0.15) is 17.5 Å². The molecule has 29 heavy (non-hydrogen) atoms. The summed E-state index contributed by atoms with van der Waals surface area (Å²) in [6.07, 6.45) is 2.29. The summed E-state index contributed by atoms with van der Waals surface area (Å²) in [5.74, 6) is 2.80. The van der Waals surface area contributed by atoms with Crippen LogP contribution in [0.2, 0.25) is 0 Å². The van der Waals surface area contributed by atoms with Gasteiger partial charge < -0.3 is 9.84 Å². The summed E-state index contributed by atoms with van der Waals surface area (Å²) in [7, 11) is 0. The lowest BCUT2D eigenvalue weighted by Gasteiger charge is -2.17. The molecule has 0 radical (unpaired) electrons. The molecule has 0 bridgehead atoms. The van der Waals surface area contributed by atoms with Gasteiger partial charge in [0.25, 0.3) is 5.89 Å². The molecule has 146 valence electrons. The maximum Gasteiger partial charge on any atom is 0.257 e. The van der Waals surface area contributed by atoms with E-state index >= 15 is 0 Å². The number of hydrogen-bond acceptors (Lipinski definition) is 6. The lowest BCUT2D eigenvalue weighted by atomic mass is 10.1. The van der Waals surface area contributed by atoms with Crippen molar-refractivity contribution in [2.24, 2.45) is 0 Å². The highest BCUT2D eigenvalue weighted by Crippen LogP contribution is 2.39. The van der Waals surface area contributed by atoms with Crippen LogP contribution in [-0.4, -0.2) is 20.1 Å². The third-order valence-corrected chi connectivity index (χ3v) is 5.17. The van der Waals surface area contributed by atoms with Gasteiger partial charge in [-0.25, -0.2) is 14.4 Å². The molecule has 1 saturated carbocycles. The van der Waals surface area contributed by atoms with Gasteiger partial charge in [-0.15, -0.1) is 0 Å². The number of rotatable bonds is 5. The van der Waals surface area contributed by atoms with Crippen LogP contribution in [0.25, 0.3) is 22.4 Å². The average Bonchev–Trinajstić information content (AvgIpc) is 3.44. The van der Waals surface area contributed by atoms with Crippen molar-refractivity contribution in [2.45, 2.75) is 38.6 Å². The first-order chi connectivity index (χ1) is 14.1. The van der Waals surface area contributed by atoms with Gasteiger partial charge in [0, 0.05) is 29.0 Å². The summed E-state index contributed by atoms with van der Waals surface area (Å²) in [5, 5.41) is 8.29. The minimum absolute atomic E-state index is 0.00341. The molecule has 4 aromatic rings. The van der Waals surface area contributed by atoms with E-state index in [4.69, 9.17) is 4.52 Å². The Morgan fingerprint density at radius 3 is 2.62 bits per heavy atom. The molecule has 7 heteroatoms. The van der Waals surface area contributed by atoms with E-state index < -0.39 is 0 Å². The molecule has 0 aliphatic heterocycles. The second-order valence-electron chi connectivity index (χ2n) is 7.50. The molecule has 2 aromatic carbocycles. The lowest BCUT2D eigenvalue weighted by molar-refractivity contribution is 0.422. The van der Waals surface area contributed by atoms with Gasteiger partial charge in [0.15, 0.2) is 5.82 Å². The van der Waals surface area contributed by atoms with Gasteiger partial charge in [0.2, 0.25) is 0 Å². The largest absolute Gasteiger partial charge is 0.363 e. The van der Waals surface area contributed by atoms with E-state index in [9.17, 15) is 4.39 Å². The van der Waals surface area contributed by atoms with Gasteiger partial charge in [-0.1, -0.05) is 17.3 Å². The molecule has 1 aliphatic rings. The molecule has 2 aromatic heterocycles. The molecule has 0 spiro atoms. The fourth-order valence-corrected chi connectivity index (χ4v) is 3.39. The number of nitrogens with zero attached hydrogens (tertiary/aromatic N) is 4. The predicted octanol–water partition coefficient (Wildman–Crippen LogP) is 5.18. The number of benzene rings is 2. The van der Waals surface area contributed by atoms with Gasteiger partial charge >= 0.3 is 0 Å². The third-order valence-electron chi connectivity index (χ3n) is 5.17. The standard InChI is InChI=1S/C22H20FN5O/c1-12(24-21-18-10-9-17(23)11-19(18)25-13(2)26-21)14-3-7-16(8-4-14)22-27-20(28-29-22)15-5-6-15/h3-4,7-12,15H,5-6H2,1-2H3,(H,24,25,26). The minimum atomic E-state index is -0.309. The number of nitrogens with one attached hydrogen (secondary N) is 1. The molecule has 1 unspecified atom stereocenters. The second-order valence-corrected chi connectivity index (χ2v) is 7.50. The van der Waals surface area contributed by atoms with E-state index in [-0.39, 0.29) is 11.9 Å². The topological polar surface area (TPSA) is 76.7 Å². The fourth-order valence-electron chi connectivity index (χ4n) is 3.39. The van der Waals surface area contributed by atoms with Crippen LogP contribution in [0, 0.1) is 12.7 Å². The number of halogens is 1. The van der Waals surface area contributed by atoms with Crippen molar-refractivity contribution in [1.29, 1.82) is 0 Å². The first kappa shape index (κ1) is 17.7. The molecule has 1 N–H and O–H groups in total. The summed E-state index contributed by atoms with van der Waals surface area (Å²) in [6.45, 7) is 3.86. The van der Waals surface area contributed by atoms with E-state index in [1.54, 1.807) is 13.0 Å². The maximum atomic E-state index is 13.6. The number of anilines is 1. The third kappa shape index (κ3) is 3.55. The highest BCUT2D eigenvalue weighted by Gasteiger charge is 2.29. The number of aryl methyl sites for hydroxylation is 1. The Labute approximate surface area is 167 Å². The molecule has 2 heterocycles. The number of fused-ring (bicyclic) bond motifs is 1. The van der Waals surface area contributed by atoms with Crippen LogP contribution in [-0.2, 0) is 0 Å². The van der Waals surface area contributed by atoms with E-state index in [2.05, 4.69) is 32.3 Å². The highest BCUT2D eigenvalue weighted by molar-refractivity contribution is 5.89. The Bertz CT molecular complexity index is 1180. The van der Waals surface area contributed by atoms with Crippen molar-refractivity contribution in [3.8, 4) is 11.5 Å². The Balaban J connectivity index is 1.38. The van der Waals surface area contributed by atoms with Gasteiger partial charge in [-0.3, -0.25) is 0 Å². The van der Waals surface area contributed by atoms with E-state index in [0.717, 1.165) is 35.2 Å². The van der Waals surface area contributed by atoms with Crippen molar-refractivity contribution in [1.82, 2.24) is 20.1 Å². The first-order valence-corrected chi connectivity index (χ1v) is 9.71. The zero-order valence-electron chi connectivity index (χ0n) is 16.2. The average molecular weight is 389 g/mol. The molecular weight excluding hydrogens is 369 g/mol. The fraction of sp³-hybridized carbons (Fsp3) is 0.273. The lowest BCUT2D eigenvalue weighted by Crippen LogP contribution is -2.09. The van der Waals surface area contributed by atoms with Gasteiger partial charge in [0.05, 0.1) is 5.52 Å². The molecular formula is C22H20FN5O. The predicted molar refractivity (Wildman–Crippen MR) is 108 cm³/mol. The number of hydrogen-bond donors (Lipinski definition) is 1. The van der Waals surface area contributed by atoms with Crippen LogP contribution in [0.3, 0.4) is 0 Å². The summed E-state index contributed by atoms with van der Waals surface area (Å²) < 4.78 is 19.0. The van der Waals surface area contributed by atoms with Crippen LogP contribution >= 0.6 is 0 Å². The zero-order chi connectivity index (χ0) is 20.0. The van der Waals surface area contributed by atoms with Crippen molar-refractivity contribution < 1.29 is 8.91 Å². The van der Waals surface area contributed by atoms with Gasteiger partial charge in [-0.05, 0) is 56.5 Å². The minimum Gasteiger partial charge on any atom is -0.363 e. The molecule has 1 atom stereocenters. The van der Waals surface area contributed by atoms with E-state index in [1.165, 1.54) is 12.1 Å². The smallest absolute Gasteiger partial charge is 0.257 e. The summed E-state index contributed by atoms with van der Waals surface area (Å²) in [6, 6.07) is 12.6. The zero-order valence-corrected chi connectivity index (χ0v) is 16.2. The molecule has 0 saturated heterocycles. The van der Waals surface area contributed by atoms with E-state index in [0.29, 0.717) is 29.0 Å². The van der Waals surface area contributed by atoms with Crippen molar-refractivity contribution in [3.63, 3.8) is 0 Å². The van der Waals surface area contributed by atoms with Crippen molar-refractivity contribution >= 4 is 16.7 Å². The Hall–Kier alpha value is -3.35. The maximum absolute atomic E-state index is 13.6. The summed E-state index contributed by atoms with van der Waals surface area (Å²) >= 11 is 0. The van der Waals surface area contributed by atoms with Crippen LogP contribution in [0.4, 0.5) is 10.2 Å². The SMILES string of the molecule is Cc1nc(NC(C)c2ccc(-c3nc(C4CC4)no3)cc2)c2ccc(F)cc2n1. The van der Waals surface area contributed by atoms with Crippen LogP contribution in [0.1, 0.15) is 48.9 Å².